The molecule has 1 unspecified atom stereocenters. The minimum absolute atomic E-state index is 0.256. The van der Waals surface area contributed by atoms with Crippen molar-refractivity contribution in [1.29, 1.82) is 0 Å². The number of ether oxygens (including phenoxy) is 2. The van der Waals surface area contributed by atoms with Gasteiger partial charge in [-0.3, -0.25) is 0 Å². The van der Waals surface area contributed by atoms with Gasteiger partial charge in [-0.25, -0.2) is 0 Å². The van der Waals surface area contributed by atoms with Gasteiger partial charge in [0.25, 0.3) is 0 Å². The van der Waals surface area contributed by atoms with E-state index in [1.807, 2.05) is 24.3 Å². The van der Waals surface area contributed by atoms with Gasteiger partial charge in [0.05, 0.1) is 25.9 Å². The van der Waals surface area contributed by atoms with Gasteiger partial charge in [0.1, 0.15) is 0 Å². The number of hydrogen-bond donors (Lipinski definition) is 1. The normalized spacial score (nSPS) is 18.8. The van der Waals surface area contributed by atoms with Crippen molar-refractivity contribution >= 4 is 0 Å². The third-order valence-corrected chi connectivity index (χ3v) is 2.66. The van der Waals surface area contributed by atoms with Crippen LogP contribution in [0.4, 0.5) is 0 Å². The highest BCUT2D eigenvalue weighted by molar-refractivity contribution is 5.36. The van der Waals surface area contributed by atoms with E-state index in [1.54, 1.807) is 0 Å². The van der Waals surface area contributed by atoms with Gasteiger partial charge in [0.2, 0.25) is 0 Å². The van der Waals surface area contributed by atoms with Crippen molar-refractivity contribution in [2.75, 3.05) is 19.8 Å². The van der Waals surface area contributed by atoms with Crippen LogP contribution in [-0.2, 0) is 16.1 Å². The van der Waals surface area contributed by atoms with Gasteiger partial charge in [-0.05, 0) is 24.1 Å². The minimum Gasteiger partial charge on any atom is -0.379 e. The van der Waals surface area contributed by atoms with E-state index >= 15 is 0 Å². The molecular formula is C14H17NO2. The Kier molecular flexibility index (Phi) is 4.57. The lowest BCUT2D eigenvalue weighted by Gasteiger charge is -2.09. The SMILES string of the molecule is NCC#Cc1ccc(COC2CCOC2)cc1. The van der Waals surface area contributed by atoms with E-state index in [0.29, 0.717) is 13.2 Å². The maximum absolute atomic E-state index is 5.73. The first-order chi connectivity index (χ1) is 8.38. The highest BCUT2D eigenvalue weighted by Crippen LogP contribution is 2.12. The molecule has 1 fully saturated rings. The molecule has 3 heteroatoms. The van der Waals surface area contributed by atoms with E-state index in [1.165, 1.54) is 0 Å². The van der Waals surface area contributed by atoms with E-state index in [0.717, 1.165) is 30.8 Å². The summed E-state index contributed by atoms with van der Waals surface area (Å²) in [5.41, 5.74) is 7.47. The van der Waals surface area contributed by atoms with Gasteiger partial charge in [-0.2, -0.15) is 0 Å². The summed E-state index contributed by atoms with van der Waals surface area (Å²) in [6.45, 7) is 2.57. The summed E-state index contributed by atoms with van der Waals surface area (Å²) in [4.78, 5) is 0. The van der Waals surface area contributed by atoms with E-state index in [4.69, 9.17) is 15.2 Å². The van der Waals surface area contributed by atoms with Crippen LogP contribution in [0.1, 0.15) is 17.5 Å². The number of nitrogens with two attached hydrogens (primary N) is 1. The molecule has 17 heavy (non-hydrogen) atoms. The molecule has 90 valence electrons. The molecular weight excluding hydrogens is 214 g/mol. The van der Waals surface area contributed by atoms with E-state index < -0.39 is 0 Å². The second-order valence-electron chi connectivity index (χ2n) is 4.00. The van der Waals surface area contributed by atoms with Gasteiger partial charge in [-0.15, -0.1) is 0 Å². The monoisotopic (exact) mass is 231 g/mol. The first-order valence-corrected chi connectivity index (χ1v) is 5.85. The fraction of sp³-hybridized carbons (Fsp3) is 0.429. The molecule has 0 amide bonds. The van der Waals surface area contributed by atoms with Crippen molar-refractivity contribution in [3.8, 4) is 11.8 Å². The summed E-state index contributed by atoms with van der Waals surface area (Å²) >= 11 is 0. The molecule has 1 atom stereocenters. The zero-order valence-corrected chi connectivity index (χ0v) is 9.82. The third-order valence-electron chi connectivity index (χ3n) is 2.66. The topological polar surface area (TPSA) is 44.5 Å². The largest absolute Gasteiger partial charge is 0.379 e. The lowest BCUT2D eigenvalue weighted by Crippen LogP contribution is -2.11. The van der Waals surface area contributed by atoms with E-state index in [9.17, 15) is 0 Å². The highest BCUT2D eigenvalue weighted by atomic mass is 16.5. The molecule has 0 spiro atoms. The Hall–Kier alpha value is -1.34. The van der Waals surface area contributed by atoms with Gasteiger partial charge >= 0.3 is 0 Å². The maximum atomic E-state index is 5.73. The molecule has 1 heterocycles. The second-order valence-corrected chi connectivity index (χ2v) is 4.00. The summed E-state index contributed by atoms with van der Waals surface area (Å²) in [6, 6.07) is 8.06. The van der Waals surface area contributed by atoms with Gasteiger partial charge in [0.15, 0.2) is 0 Å². The van der Waals surface area contributed by atoms with E-state index in [2.05, 4.69) is 11.8 Å². The number of hydrogen-bond acceptors (Lipinski definition) is 3. The lowest BCUT2D eigenvalue weighted by molar-refractivity contribution is 0.0317. The van der Waals surface area contributed by atoms with Crippen LogP contribution in [-0.4, -0.2) is 25.9 Å². The van der Waals surface area contributed by atoms with Crippen LogP contribution in [0.15, 0.2) is 24.3 Å². The molecule has 1 aliphatic heterocycles. The molecule has 0 aromatic heterocycles. The summed E-state index contributed by atoms with van der Waals surface area (Å²) in [5, 5.41) is 0. The predicted octanol–water partition coefficient (Wildman–Crippen LogP) is 1.30. The highest BCUT2D eigenvalue weighted by Gasteiger charge is 2.15. The first-order valence-electron chi connectivity index (χ1n) is 5.85. The Morgan fingerprint density at radius 1 is 1.35 bits per heavy atom. The van der Waals surface area contributed by atoms with Gasteiger partial charge in [-0.1, -0.05) is 24.0 Å². The van der Waals surface area contributed by atoms with Crippen LogP contribution in [0.25, 0.3) is 0 Å². The molecule has 1 aliphatic rings. The van der Waals surface area contributed by atoms with Gasteiger partial charge in [0, 0.05) is 12.2 Å². The quantitative estimate of drug-likeness (QED) is 0.798. The van der Waals surface area contributed by atoms with Crippen molar-refractivity contribution in [2.24, 2.45) is 5.73 Å². The Morgan fingerprint density at radius 3 is 2.82 bits per heavy atom. The minimum atomic E-state index is 0.256. The van der Waals surface area contributed by atoms with Crippen molar-refractivity contribution in [3.63, 3.8) is 0 Å². The number of benzene rings is 1. The van der Waals surface area contributed by atoms with Crippen LogP contribution in [0.3, 0.4) is 0 Å². The zero-order valence-electron chi connectivity index (χ0n) is 9.82. The zero-order chi connectivity index (χ0) is 11.9. The molecule has 0 bridgehead atoms. The Bertz CT molecular complexity index is 396. The molecule has 0 radical (unpaired) electrons. The Labute approximate surface area is 102 Å². The molecule has 1 saturated heterocycles. The number of rotatable bonds is 3. The molecule has 1 aromatic carbocycles. The van der Waals surface area contributed by atoms with Crippen molar-refractivity contribution in [2.45, 2.75) is 19.1 Å². The van der Waals surface area contributed by atoms with Crippen molar-refractivity contribution in [3.05, 3.63) is 35.4 Å². The summed E-state index contributed by atoms with van der Waals surface area (Å²) in [7, 11) is 0. The van der Waals surface area contributed by atoms with Crippen LogP contribution in [0.5, 0.6) is 0 Å². The van der Waals surface area contributed by atoms with Crippen molar-refractivity contribution < 1.29 is 9.47 Å². The summed E-state index contributed by atoms with van der Waals surface area (Å²) < 4.78 is 11.0. The molecule has 3 nitrogen and oxygen atoms in total. The molecule has 2 rings (SSSR count). The van der Waals surface area contributed by atoms with Crippen LogP contribution < -0.4 is 5.73 Å². The van der Waals surface area contributed by atoms with Crippen LogP contribution in [0.2, 0.25) is 0 Å². The molecule has 0 aliphatic carbocycles. The Balaban J connectivity index is 1.84. The smallest absolute Gasteiger partial charge is 0.0834 e. The fourth-order valence-corrected chi connectivity index (χ4v) is 1.70. The Morgan fingerprint density at radius 2 is 2.18 bits per heavy atom. The third kappa shape index (κ3) is 3.86. The van der Waals surface area contributed by atoms with Crippen LogP contribution in [0, 0.1) is 11.8 Å². The second kappa shape index (κ2) is 6.41. The molecule has 1 aromatic rings. The first kappa shape index (κ1) is 12.1. The molecule has 0 saturated carbocycles. The summed E-state index contributed by atoms with van der Waals surface area (Å²) in [5.74, 6) is 5.82. The average Bonchev–Trinajstić information content (AvgIpc) is 2.88. The lowest BCUT2D eigenvalue weighted by atomic mass is 10.1. The van der Waals surface area contributed by atoms with Crippen molar-refractivity contribution in [1.82, 2.24) is 0 Å². The predicted molar refractivity (Wildman–Crippen MR) is 66.4 cm³/mol. The maximum Gasteiger partial charge on any atom is 0.0834 e. The fourth-order valence-electron chi connectivity index (χ4n) is 1.70. The molecule has 2 N–H and O–H groups in total. The van der Waals surface area contributed by atoms with Gasteiger partial charge < -0.3 is 15.2 Å². The van der Waals surface area contributed by atoms with Crippen LogP contribution >= 0.6 is 0 Å². The standard InChI is InChI=1S/C14H17NO2/c15-8-1-2-12-3-5-13(6-4-12)10-17-14-7-9-16-11-14/h3-6,14H,7-11,15H2. The average molecular weight is 231 g/mol. The van der Waals surface area contributed by atoms with E-state index in [-0.39, 0.29) is 6.10 Å². The summed E-state index contributed by atoms with van der Waals surface area (Å²) in [6.07, 6.45) is 1.26.